The standard InChI is InChI=1S/C22H27N4O2/c1-15-14-23-20-18(21(27)25(3)22(28)24(20)2)19(15)26-11-9-17(10-12-26)13-16-7-5-4-6-8-16/h4-8,14,17-18H,9-13H2,1-3H3/q+1. The quantitative estimate of drug-likeness (QED) is 0.742. The molecule has 1 aromatic carbocycles. The molecule has 2 fully saturated rings. The van der Waals surface area contributed by atoms with Gasteiger partial charge in [-0.2, -0.15) is 0 Å². The number of amidine groups is 1. The van der Waals surface area contributed by atoms with Crippen LogP contribution in [0.1, 0.15) is 25.3 Å². The van der Waals surface area contributed by atoms with Crippen LogP contribution in [-0.4, -0.2) is 65.0 Å². The van der Waals surface area contributed by atoms with Crippen LogP contribution in [-0.2, 0) is 11.2 Å². The van der Waals surface area contributed by atoms with E-state index in [1.165, 1.54) is 15.4 Å². The van der Waals surface area contributed by atoms with Crippen LogP contribution >= 0.6 is 0 Å². The van der Waals surface area contributed by atoms with Crippen LogP contribution in [0.25, 0.3) is 0 Å². The topological polar surface area (TPSA) is 56.0 Å². The number of fused-ring (bicyclic) bond motifs is 1. The summed E-state index contributed by atoms with van der Waals surface area (Å²) in [5.74, 6) is 0.536. The maximum atomic E-state index is 12.9. The van der Waals surface area contributed by atoms with Gasteiger partial charge >= 0.3 is 6.03 Å². The molecule has 6 nitrogen and oxygen atoms in total. The highest BCUT2D eigenvalue weighted by atomic mass is 16.2. The molecule has 0 bridgehead atoms. The van der Waals surface area contributed by atoms with Gasteiger partial charge in [0.05, 0.1) is 0 Å². The van der Waals surface area contributed by atoms with Crippen molar-refractivity contribution in [2.45, 2.75) is 26.2 Å². The van der Waals surface area contributed by atoms with Gasteiger partial charge in [0.1, 0.15) is 18.9 Å². The SMILES string of the molecule is CC1=CN=C2C(C(=O)N(C)C(=O)N2C)C1=[N+]1CCC(Cc2ccccc2)CC1. The smallest absolute Gasteiger partial charge is 0.284 e. The second kappa shape index (κ2) is 7.34. The van der Waals surface area contributed by atoms with Gasteiger partial charge in [0, 0.05) is 38.7 Å². The van der Waals surface area contributed by atoms with Crippen LogP contribution < -0.4 is 0 Å². The Kier molecular flexibility index (Phi) is 4.87. The number of hydrogen-bond donors (Lipinski definition) is 0. The molecule has 1 aromatic rings. The summed E-state index contributed by atoms with van der Waals surface area (Å²) in [6, 6.07) is 10.3. The Morgan fingerprint density at radius 2 is 1.75 bits per heavy atom. The van der Waals surface area contributed by atoms with E-state index in [1.54, 1.807) is 20.3 Å². The summed E-state index contributed by atoms with van der Waals surface area (Å²) in [5, 5.41) is 0. The summed E-state index contributed by atoms with van der Waals surface area (Å²) in [6.45, 7) is 3.86. The monoisotopic (exact) mass is 379 g/mol. The zero-order valence-corrected chi connectivity index (χ0v) is 16.8. The molecule has 3 amide bonds. The molecule has 3 aliphatic rings. The summed E-state index contributed by atoms with van der Waals surface area (Å²) in [6.07, 6.45) is 5.10. The van der Waals surface area contributed by atoms with E-state index in [1.807, 2.05) is 6.92 Å². The number of benzene rings is 1. The second-order valence-electron chi connectivity index (χ2n) is 7.98. The first-order valence-corrected chi connectivity index (χ1v) is 9.93. The molecule has 0 N–H and O–H groups in total. The van der Waals surface area contributed by atoms with Gasteiger partial charge in [-0.25, -0.2) is 14.4 Å². The molecular formula is C22H27N4O2+. The maximum absolute atomic E-state index is 12.9. The van der Waals surface area contributed by atoms with Crippen LogP contribution in [0.5, 0.6) is 0 Å². The maximum Gasteiger partial charge on any atom is 0.331 e. The van der Waals surface area contributed by atoms with Gasteiger partial charge in [-0.3, -0.25) is 14.6 Å². The van der Waals surface area contributed by atoms with Crippen LogP contribution in [0.2, 0.25) is 0 Å². The number of urea groups is 1. The second-order valence-corrected chi connectivity index (χ2v) is 7.98. The molecule has 1 unspecified atom stereocenters. The Hall–Kier alpha value is -2.76. The van der Waals surface area contributed by atoms with Crippen molar-refractivity contribution in [1.29, 1.82) is 0 Å². The summed E-state index contributed by atoms with van der Waals surface area (Å²) < 4.78 is 2.34. The van der Waals surface area contributed by atoms with Crippen molar-refractivity contribution in [1.82, 2.24) is 9.80 Å². The molecular weight excluding hydrogens is 352 g/mol. The summed E-state index contributed by atoms with van der Waals surface area (Å²) in [7, 11) is 3.24. The molecule has 0 aromatic heterocycles. The van der Waals surface area contributed by atoms with Crippen molar-refractivity contribution in [3.8, 4) is 0 Å². The molecule has 6 heteroatoms. The average Bonchev–Trinajstić information content (AvgIpc) is 2.72. The number of piperidine rings is 1. The highest BCUT2D eigenvalue weighted by Crippen LogP contribution is 2.27. The lowest BCUT2D eigenvalue weighted by Gasteiger charge is -2.37. The van der Waals surface area contributed by atoms with Crippen molar-refractivity contribution in [2.75, 3.05) is 27.2 Å². The fourth-order valence-corrected chi connectivity index (χ4v) is 4.53. The molecule has 2 saturated heterocycles. The van der Waals surface area contributed by atoms with E-state index >= 15 is 0 Å². The zero-order chi connectivity index (χ0) is 19.8. The number of amides is 3. The van der Waals surface area contributed by atoms with E-state index < -0.39 is 5.92 Å². The van der Waals surface area contributed by atoms with E-state index in [9.17, 15) is 9.59 Å². The lowest BCUT2D eigenvalue weighted by molar-refractivity contribution is -0.542. The number of carbonyl (C=O) groups is 2. The Balaban J connectivity index is 1.57. The third-order valence-electron chi connectivity index (χ3n) is 6.14. The number of nitrogens with zero attached hydrogens (tertiary/aromatic N) is 4. The van der Waals surface area contributed by atoms with Crippen molar-refractivity contribution in [3.05, 3.63) is 47.7 Å². The first-order chi connectivity index (χ1) is 13.5. The average molecular weight is 379 g/mol. The van der Waals surface area contributed by atoms with Gasteiger partial charge in [-0.1, -0.05) is 30.3 Å². The number of aliphatic imine (C=N–C) groups is 1. The fourth-order valence-electron chi connectivity index (χ4n) is 4.53. The van der Waals surface area contributed by atoms with Crippen LogP contribution in [0.15, 0.2) is 47.1 Å². The predicted octanol–water partition coefficient (Wildman–Crippen LogP) is 2.55. The van der Waals surface area contributed by atoms with Gasteiger partial charge < -0.3 is 0 Å². The van der Waals surface area contributed by atoms with Crippen molar-refractivity contribution in [2.24, 2.45) is 16.8 Å². The highest BCUT2D eigenvalue weighted by molar-refractivity contribution is 6.31. The first-order valence-electron chi connectivity index (χ1n) is 9.93. The van der Waals surface area contributed by atoms with Gasteiger partial charge in [0.2, 0.25) is 5.71 Å². The number of allylic oxidation sites excluding steroid dienone is 1. The van der Waals surface area contributed by atoms with Crippen LogP contribution in [0, 0.1) is 11.8 Å². The minimum atomic E-state index is -0.483. The lowest BCUT2D eigenvalue weighted by Crippen LogP contribution is -2.61. The summed E-state index contributed by atoms with van der Waals surface area (Å²) in [4.78, 5) is 32.4. The molecule has 0 spiro atoms. The molecule has 4 rings (SSSR count). The zero-order valence-electron chi connectivity index (χ0n) is 16.8. The number of carbonyl (C=O) groups excluding carboxylic acids is 2. The Labute approximate surface area is 165 Å². The largest absolute Gasteiger partial charge is 0.331 e. The van der Waals surface area contributed by atoms with Gasteiger partial charge in [-0.05, 0) is 24.8 Å². The van der Waals surface area contributed by atoms with E-state index in [4.69, 9.17) is 0 Å². The summed E-state index contributed by atoms with van der Waals surface area (Å²) >= 11 is 0. The summed E-state index contributed by atoms with van der Waals surface area (Å²) in [5.41, 5.74) is 3.42. The number of hydrogen-bond acceptors (Lipinski definition) is 3. The molecule has 28 heavy (non-hydrogen) atoms. The molecule has 0 aliphatic carbocycles. The molecule has 1 atom stereocenters. The Bertz CT molecular complexity index is 890. The van der Waals surface area contributed by atoms with E-state index in [-0.39, 0.29) is 11.9 Å². The number of rotatable bonds is 2. The lowest BCUT2D eigenvalue weighted by atomic mass is 9.87. The van der Waals surface area contributed by atoms with Crippen molar-refractivity contribution >= 4 is 23.5 Å². The molecule has 3 aliphatic heterocycles. The predicted molar refractivity (Wildman–Crippen MR) is 108 cm³/mol. The highest BCUT2D eigenvalue weighted by Gasteiger charge is 2.49. The van der Waals surface area contributed by atoms with Gasteiger partial charge in [-0.15, -0.1) is 0 Å². The van der Waals surface area contributed by atoms with Crippen LogP contribution in [0.4, 0.5) is 4.79 Å². The molecule has 3 heterocycles. The third-order valence-corrected chi connectivity index (χ3v) is 6.14. The van der Waals surface area contributed by atoms with Crippen molar-refractivity contribution < 1.29 is 14.2 Å². The van der Waals surface area contributed by atoms with Gasteiger partial charge in [0.25, 0.3) is 5.91 Å². The molecule has 0 saturated carbocycles. The molecule has 0 radical (unpaired) electrons. The van der Waals surface area contributed by atoms with Gasteiger partial charge in [0.15, 0.2) is 5.92 Å². The Morgan fingerprint density at radius 1 is 1.07 bits per heavy atom. The van der Waals surface area contributed by atoms with E-state index in [0.717, 1.165) is 43.6 Å². The minimum absolute atomic E-state index is 0.185. The number of imide groups is 1. The third kappa shape index (κ3) is 3.17. The van der Waals surface area contributed by atoms with Crippen molar-refractivity contribution in [3.63, 3.8) is 0 Å². The van der Waals surface area contributed by atoms with E-state index in [0.29, 0.717) is 11.8 Å². The first kappa shape index (κ1) is 18.6. The minimum Gasteiger partial charge on any atom is -0.284 e. The fraction of sp³-hybridized carbons (Fsp3) is 0.455. The molecule has 146 valence electrons. The normalized spacial score (nSPS) is 25.5. The Morgan fingerprint density at radius 3 is 2.43 bits per heavy atom. The van der Waals surface area contributed by atoms with E-state index in [2.05, 4.69) is 39.9 Å². The van der Waals surface area contributed by atoms with Crippen LogP contribution in [0.3, 0.4) is 0 Å².